The third-order valence-corrected chi connectivity index (χ3v) is 4.77. The first-order valence-electron chi connectivity index (χ1n) is 8.57. The molecular weight excluding hydrogens is 345 g/mol. The van der Waals surface area contributed by atoms with Crippen molar-refractivity contribution in [3.8, 4) is 11.1 Å². The molecule has 1 aromatic heterocycles. The van der Waals surface area contributed by atoms with Crippen LogP contribution in [0.3, 0.4) is 0 Å². The van der Waals surface area contributed by atoms with Gasteiger partial charge < -0.3 is 4.74 Å². The molecule has 3 heterocycles. The van der Waals surface area contributed by atoms with E-state index < -0.39 is 11.7 Å². The maximum Gasteiger partial charge on any atom is 0.416 e. The van der Waals surface area contributed by atoms with Crippen LogP contribution in [0, 0.1) is 0 Å². The van der Waals surface area contributed by atoms with E-state index in [4.69, 9.17) is 4.74 Å². The number of rotatable bonds is 4. The van der Waals surface area contributed by atoms with E-state index >= 15 is 0 Å². The summed E-state index contributed by atoms with van der Waals surface area (Å²) in [5.74, 6) is 0. The predicted octanol–water partition coefficient (Wildman–Crippen LogP) is 2.83. The van der Waals surface area contributed by atoms with Crippen LogP contribution in [0.15, 0.2) is 29.5 Å². The van der Waals surface area contributed by atoms with Crippen LogP contribution in [-0.2, 0) is 24.0 Å². The smallest absolute Gasteiger partial charge is 0.379 e. The molecule has 0 bridgehead atoms. The molecule has 0 saturated carbocycles. The third-order valence-electron chi connectivity index (χ3n) is 4.77. The van der Waals surface area contributed by atoms with Crippen LogP contribution < -0.4 is 0 Å². The van der Waals surface area contributed by atoms with Crippen LogP contribution >= 0.6 is 0 Å². The van der Waals surface area contributed by atoms with E-state index in [9.17, 15) is 13.2 Å². The number of halogens is 3. The van der Waals surface area contributed by atoms with Gasteiger partial charge in [0.1, 0.15) is 0 Å². The number of ether oxygens (including phenoxy) is 1. The molecule has 0 atom stereocenters. The van der Waals surface area contributed by atoms with Crippen LogP contribution in [0.5, 0.6) is 0 Å². The average Bonchev–Trinajstić information content (AvgIpc) is 3.28. The first kappa shape index (κ1) is 17.2. The molecule has 0 unspecified atom stereocenters. The molecule has 0 N–H and O–H groups in total. The summed E-state index contributed by atoms with van der Waals surface area (Å²) in [7, 11) is 0. The molecule has 5 nitrogen and oxygen atoms in total. The Kier molecular flexibility index (Phi) is 4.54. The minimum absolute atomic E-state index is 0.289. The van der Waals surface area contributed by atoms with Crippen LogP contribution in [0.2, 0.25) is 0 Å². The normalized spacial score (nSPS) is 17.7. The standard InChI is InChI=1S/C18H19F3N4O/c19-18(20,21)15-7-13-9-22-11-17(13)16(8-15)14-10-23-25(12-14)2-1-24-3-5-26-6-4-24/h7-8,10-12H,1-6,9H2. The maximum absolute atomic E-state index is 13.2. The second kappa shape index (κ2) is 6.85. The number of hydrogen-bond donors (Lipinski definition) is 0. The molecule has 26 heavy (non-hydrogen) atoms. The monoisotopic (exact) mass is 364 g/mol. The molecule has 2 aliphatic heterocycles. The molecule has 8 heteroatoms. The van der Waals surface area contributed by atoms with Gasteiger partial charge in [-0.15, -0.1) is 0 Å². The highest BCUT2D eigenvalue weighted by atomic mass is 19.4. The SMILES string of the molecule is FC(F)(F)c1cc2c(c(-c3cnn(CCN4CCOCC4)c3)c1)C=NC2. The summed E-state index contributed by atoms with van der Waals surface area (Å²) in [6.45, 7) is 5.08. The van der Waals surface area contributed by atoms with Crippen molar-refractivity contribution in [2.45, 2.75) is 19.3 Å². The number of fused-ring (bicyclic) bond motifs is 1. The zero-order valence-corrected chi connectivity index (χ0v) is 14.2. The van der Waals surface area contributed by atoms with E-state index in [1.54, 1.807) is 17.1 Å². The van der Waals surface area contributed by atoms with Crippen LogP contribution in [-0.4, -0.2) is 53.7 Å². The van der Waals surface area contributed by atoms with E-state index in [1.165, 1.54) is 12.1 Å². The molecule has 0 radical (unpaired) electrons. The molecule has 138 valence electrons. The second-order valence-electron chi connectivity index (χ2n) is 6.51. The van der Waals surface area contributed by atoms with Gasteiger partial charge in [-0.25, -0.2) is 0 Å². The molecular formula is C18H19F3N4O. The van der Waals surface area contributed by atoms with E-state index in [-0.39, 0.29) is 6.54 Å². The van der Waals surface area contributed by atoms with Crippen molar-refractivity contribution in [1.29, 1.82) is 0 Å². The molecule has 0 spiro atoms. The zero-order valence-electron chi connectivity index (χ0n) is 14.2. The fourth-order valence-corrected chi connectivity index (χ4v) is 3.33. The van der Waals surface area contributed by atoms with Gasteiger partial charge in [-0.3, -0.25) is 14.6 Å². The average molecular weight is 364 g/mol. The van der Waals surface area contributed by atoms with Crippen molar-refractivity contribution in [3.05, 3.63) is 41.2 Å². The Labute approximate surface area is 149 Å². The van der Waals surface area contributed by atoms with Crippen LogP contribution in [0.4, 0.5) is 13.2 Å². The Morgan fingerprint density at radius 1 is 1.12 bits per heavy atom. The Morgan fingerprint density at radius 2 is 1.92 bits per heavy atom. The Morgan fingerprint density at radius 3 is 2.69 bits per heavy atom. The molecule has 2 aliphatic rings. The van der Waals surface area contributed by atoms with E-state index in [2.05, 4.69) is 15.0 Å². The summed E-state index contributed by atoms with van der Waals surface area (Å²) in [5.41, 5.74) is 1.94. The molecule has 4 rings (SSSR count). The minimum atomic E-state index is -4.38. The number of nitrogens with zero attached hydrogens (tertiary/aromatic N) is 4. The zero-order chi connectivity index (χ0) is 18.1. The van der Waals surface area contributed by atoms with Gasteiger partial charge in [0, 0.05) is 43.2 Å². The lowest BCUT2D eigenvalue weighted by atomic mass is 9.96. The molecule has 0 amide bonds. The number of hydrogen-bond acceptors (Lipinski definition) is 4. The minimum Gasteiger partial charge on any atom is -0.379 e. The van der Waals surface area contributed by atoms with Crippen molar-refractivity contribution < 1.29 is 17.9 Å². The van der Waals surface area contributed by atoms with Gasteiger partial charge in [-0.1, -0.05) is 0 Å². The largest absolute Gasteiger partial charge is 0.416 e. The van der Waals surface area contributed by atoms with Crippen LogP contribution in [0.25, 0.3) is 11.1 Å². The first-order valence-corrected chi connectivity index (χ1v) is 8.57. The van der Waals surface area contributed by atoms with E-state index in [0.29, 0.717) is 23.2 Å². The topological polar surface area (TPSA) is 42.7 Å². The molecule has 2 aromatic rings. The number of benzene rings is 1. The van der Waals surface area contributed by atoms with Crippen molar-refractivity contribution in [2.24, 2.45) is 4.99 Å². The molecule has 1 aromatic carbocycles. The van der Waals surface area contributed by atoms with E-state index in [0.717, 1.165) is 38.4 Å². The number of morpholine rings is 1. The lowest BCUT2D eigenvalue weighted by Crippen LogP contribution is -2.38. The number of aliphatic imine (C=N–C) groups is 1. The molecule has 0 aliphatic carbocycles. The highest BCUT2D eigenvalue weighted by Gasteiger charge is 2.32. The summed E-state index contributed by atoms with van der Waals surface area (Å²) in [4.78, 5) is 6.42. The van der Waals surface area contributed by atoms with Gasteiger partial charge in [0.2, 0.25) is 0 Å². The van der Waals surface area contributed by atoms with Gasteiger partial charge in [0.15, 0.2) is 0 Å². The summed E-state index contributed by atoms with van der Waals surface area (Å²) >= 11 is 0. The van der Waals surface area contributed by atoms with Crippen molar-refractivity contribution in [3.63, 3.8) is 0 Å². The maximum atomic E-state index is 13.2. The van der Waals surface area contributed by atoms with Gasteiger partial charge >= 0.3 is 6.18 Å². The fraction of sp³-hybridized carbons (Fsp3) is 0.444. The quantitative estimate of drug-likeness (QED) is 0.838. The second-order valence-corrected chi connectivity index (χ2v) is 6.51. The van der Waals surface area contributed by atoms with Gasteiger partial charge in [0.05, 0.1) is 38.1 Å². The highest BCUT2D eigenvalue weighted by Crippen LogP contribution is 2.36. The van der Waals surface area contributed by atoms with Crippen molar-refractivity contribution in [1.82, 2.24) is 14.7 Å². The Hall–Kier alpha value is -2.19. The summed E-state index contributed by atoms with van der Waals surface area (Å²) in [6, 6.07) is 2.38. The van der Waals surface area contributed by atoms with Crippen molar-refractivity contribution >= 4 is 6.21 Å². The van der Waals surface area contributed by atoms with Crippen molar-refractivity contribution in [2.75, 3.05) is 32.8 Å². The predicted molar refractivity (Wildman–Crippen MR) is 91.2 cm³/mol. The lowest BCUT2D eigenvalue weighted by Gasteiger charge is -2.26. The summed E-state index contributed by atoms with van der Waals surface area (Å²) in [6.07, 6.45) is 0.707. The van der Waals surface area contributed by atoms with E-state index in [1.807, 2.05) is 6.20 Å². The van der Waals surface area contributed by atoms with Gasteiger partial charge in [0.25, 0.3) is 0 Å². The third kappa shape index (κ3) is 3.52. The lowest BCUT2D eigenvalue weighted by molar-refractivity contribution is -0.137. The molecule has 1 saturated heterocycles. The fourth-order valence-electron chi connectivity index (χ4n) is 3.33. The summed E-state index contributed by atoms with van der Waals surface area (Å²) in [5, 5.41) is 4.33. The van der Waals surface area contributed by atoms with Gasteiger partial charge in [-0.2, -0.15) is 18.3 Å². The Balaban J connectivity index is 1.57. The Bertz CT molecular complexity index is 822. The number of alkyl halides is 3. The molecule has 1 fully saturated rings. The highest BCUT2D eigenvalue weighted by molar-refractivity contribution is 5.94. The van der Waals surface area contributed by atoms with Gasteiger partial charge in [-0.05, 0) is 23.3 Å². The number of aromatic nitrogens is 2. The summed E-state index contributed by atoms with van der Waals surface area (Å²) < 4.78 is 46.7. The van der Waals surface area contributed by atoms with Crippen LogP contribution in [0.1, 0.15) is 16.7 Å². The first-order chi connectivity index (χ1) is 12.5.